The summed E-state index contributed by atoms with van der Waals surface area (Å²) in [6, 6.07) is 7.20. The van der Waals surface area contributed by atoms with Crippen LogP contribution in [0.25, 0.3) is 6.08 Å². The van der Waals surface area contributed by atoms with Crippen molar-refractivity contribution in [1.82, 2.24) is 0 Å². The maximum absolute atomic E-state index is 10.6. The number of nitrogens with zero attached hydrogens (tertiary/aromatic N) is 1. The third-order valence-electron chi connectivity index (χ3n) is 2.19. The van der Waals surface area contributed by atoms with Crippen LogP contribution in [0.3, 0.4) is 0 Å². The molecule has 1 aromatic carbocycles. The van der Waals surface area contributed by atoms with E-state index in [9.17, 15) is 4.79 Å². The van der Waals surface area contributed by atoms with Gasteiger partial charge in [0.15, 0.2) is 0 Å². The fraction of sp³-hybridized carbons (Fsp3) is 0.167. The summed E-state index contributed by atoms with van der Waals surface area (Å²) in [5.41, 5.74) is 2.70. The van der Waals surface area contributed by atoms with Crippen LogP contribution < -0.4 is 0 Å². The van der Waals surface area contributed by atoms with E-state index in [4.69, 9.17) is 10.4 Å². The predicted octanol–water partition coefficient (Wildman–Crippen LogP) is 2.30. The van der Waals surface area contributed by atoms with Gasteiger partial charge in [0, 0.05) is 0 Å². The third-order valence-corrected chi connectivity index (χ3v) is 2.19. The van der Waals surface area contributed by atoms with E-state index in [2.05, 4.69) is 0 Å². The number of benzene rings is 1. The van der Waals surface area contributed by atoms with E-state index in [0.717, 1.165) is 16.7 Å². The summed E-state index contributed by atoms with van der Waals surface area (Å²) in [7, 11) is 0. The molecule has 0 saturated heterocycles. The van der Waals surface area contributed by atoms with Crippen LogP contribution in [0.15, 0.2) is 23.8 Å². The highest BCUT2D eigenvalue weighted by Crippen LogP contribution is 2.12. The van der Waals surface area contributed by atoms with E-state index in [1.54, 1.807) is 12.1 Å². The van der Waals surface area contributed by atoms with Gasteiger partial charge in [0.05, 0.1) is 0 Å². The summed E-state index contributed by atoms with van der Waals surface area (Å²) in [4.78, 5) is 10.6. The number of aliphatic carboxylic acids is 1. The zero-order valence-corrected chi connectivity index (χ0v) is 8.61. The smallest absolute Gasteiger partial charge is 0.346 e. The molecule has 3 heteroatoms. The maximum atomic E-state index is 10.6. The molecule has 15 heavy (non-hydrogen) atoms. The Balaban J connectivity index is 3.14. The molecule has 0 unspecified atom stereocenters. The van der Waals surface area contributed by atoms with Gasteiger partial charge >= 0.3 is 5.97 Å². The number of carboxylic acids is 1. The second-order valence-electron chi connectivity index (χ2n) is 3.32. The Morgan fingerprint density at radius 1 is 1.40 bits per heavy atom. The number of carbonyl (C=O) groups is 1. The molecule has 0 aromatic heterocycles. The molecule has 1 rings (SSSR count). The van der Waals surface area contributed by atoms with Crippen LogP contribution in [0.1, 0.15) is 16.7 Å². The van der Waals surface area contributed by atoms with E-state index < -0.39 is 5.97 Å². The van der Waals surface area contributed by atoms with Crippen molar-refractivity contribution in [1.29, 1.82) is 5.26 Å². The van der Waals surface area contributed by atoms with Gasteiger partial charge in [0.2, 0.25) is 0 Å². The maximum Gasteiger partial charge on any atom is 0.346 e. The molecule has 1 N–H and O–H groups in total. The second kappa shape index (κ2) is 4.43. The van der Waals surface area contributed by atoms with Crippen molar-refractivity contribution in [3.63, 3.8) is 0 Å². The first kappa shape index (κ1) is 11.0. The van der Waals surface area contributed by atoms with Gasteiger partial charge in [-0.1, -0.05) is 18.2 Å². The largest absolute Gasteiger partial charge is 0.477 e. The molecule has 0 radical (unpaired) electrons. The first-order valence-corrected chi connectivity index (χ1v) is 4.47. The van der Waals surface area contributed by atoms with Gasteiger partial charge in [-0.05, 0) is 36.6 Å². The first-order valence-electron chi connectivity index (χ1n) is 4.47. The SMILES string of the molecule is Cc1ccc(C=C(C#N)C(=O)O)cc1C. The summed E-state index contributed by atoms with van der Waals surface area (Å²) in [5.74, 6) is -1.20. The fourth-order valence-corrected chi connectivity index (χ4v) is 1.16. The van der Waals surface area contributed by atoms with Crippen molar-refractivity contribution >= 4 is 12.0 Å². The Hall–Kier alpha value is -2.08. The molecule has 3 nitrogen and oxygen atoms in total. The zero-order valence-electron chi connectivity index (χ0n) is 8.61. The van der Waals surface area contributed by atoms with Crippen LogP contribution in [0.5, 0.6) is 0 Å². The molecule has 0 atom stereocenters. The van der Waals surface area contributed by atoms with Crippen LogP contribution in [-0.2, 0) is 4.79 Å². The van der Waals surface area contributed by atoms with Crippen LogP contribution >= 0.6 is 0 Å². The third kappa shape index (κ3) is 2.68. The lowest BCUT2D eigenvalue weighted by Gasteiger charge is -2.00. The highest BCUT2D eigenvalue weighted by molar-refractivity contribution is 5.96. The molecule has 0 aliphatic carbocycles. The summed E-state index contributed by atoms with van der Waals surface area (Å²) in [6.45, 7) is 3.92. The van der Waals surface area contributed by atoms with Crippen molar-refractivity contribution < 1.29 is 9.90 Å². The average molecular weight is 201 g/mol. The number of carboxylic acid groups (broad SMARTS) is 1. The van der Waals surface area contributed by atoms with Gasteiger partial charge in [-0.25, -0.2) is 4.79 Å². The quantitative estimate of drug-likeness (QED) is 0.590. The van der Waals surface area contributed by atoms with E-state index in [0.29, 0.717) is 0 Å². The second-order valence-corrected chi connectivity index (χ2v) is 3.32. The molecule has 0 bridgehead atoms. The van der Waals surface area contributed by atoms with Crippen molar-refractivity contribution in [2.45, 2.75) is 13.8 Å². The molecular weight excluding hydrogens is 190 g/mol. The molecule has 0 aliphatic heterocycles. The van der Waals surface area contributed by atoms with Crippen molar-refractivity contribution in [3.05, 3.63) is 40.5 Å². The van der Waals surface area contributed by atoms with Crippen molar-refractivity contribution in [3.8, 4) is 6.07 Å². The zero-order chi connectivity index (χ0) is 11.4. The van der Waals surface area contributed by atoms with E-state index in [1.807, 2.05) is 26.0 Å². The van der Waals surface area contributed by atoms with E-state index in [-0.39, 0.29) is 5.57 Å². The van der Waals surface area contributed by atoms with Crippen LogP contribution in [-0.4, -0.2) is 11.1 Å². The lowest BCUT2D eigenvalue weighted by Crippen LogP contribution is -1.97. The highest BCUT2D eigenvalue weighted by atomic mass is 16.4. The number of nitriles is 1. The molecule has 0 aliphatic rings. The molecule has 1 aromatic rings. The number of hydrogen-bond donors (Lipinski definition) is 1. The van der Waals surface area contributed by atoms with Gasteiger partial charge in [0.25, 0.3) is 0 Å². The number of rotatable bonds is 2. The minimum atomic E-state index is -1.20. The van der Waals surface area contributed by atoms with Crippen LogP contribution in [0, 0.1) is 25.2 Å². The van der Waals surface area contributed by atoms with Gasteiger partial charge < -0.3 is 5.11 Å². The Morgan fingerprint density at radius 2 is 2.07 bits per heavy atom. The minimum Gasteiger partial charge on any atom is -0.477 e. The summed E-state index contributed by atoms with van der Waals surface area (Å²) >= 11 is 0. The number of aryl methyl sites for hydroxylation is 2. The predicted molar refractivity (Wildman–Crippen MR) is 57.1 cm³/mol. The Labute approximate surface area is 88.3 Å². The Morgan fingerprint density at radius 3 is 2.53 bits per heavy atom. The van der Waals surface area contributed by atoms with E-state index in [1.165, 1.54) is 6.08 Å². The normalized spacial score (nSPS) is 10.9. The lowest BCUT2D eigenvalue weighted by atomic mass is 10.0. The fourth-order valence-electron chi connectivity index (χ4n) is 1.16. The van der Waals surface area contributed by atoms with Crippen LogP contribution in [0.4, 0.5) is 0 Å². The monoisotopic (exact) mass is 201 g/mol. The van der Waals surface area contributed by atoms with Gasteiger partial charge in [-0.3, -0.25) is 0 Å². The van der Waals surface area contributed by atoms with Gasteiger partial charge in [-0.2, -0.15) is 5.26 Å². The summed E-state index contributed by atoms with van der Waals surface area (Å²) in [6.07, 6.45) is 1.37. The average Bonchev–Trinajstić information content (AvgIpc) is 2.19. The first-order chi connectivity index (χ1) is 7.04. The summed E-state index contributed by atoms with van der Waals surface area (Å²) in [5, 5.41) is 17.3. The molecule has 0 spiro atoms. The highest BCUT2D eigenvalue weighted by Gasteiger charge is 2.05. The molecule has 0 fully saturated rings. The van der Waals surface area contributed by atoms with Gasteiger partial charge in [-0.15, -0.1) is 0 Å². The molecular formula is C12H11NO2. The molecule has 0 saturated carbocycles. The van der Waals surface area contributed by atoms with Crippen LogP contribution in [0.2, 0.25) is 0 Å². The van der Waals surface area contributed by atoms with Crippen molar-refractivity contribution in [2.24, 2.45) is 0 Å². The summed E-state index contributed by atoms with van der Waals surface area (Å²) < 4.78 is 0. The van der Waals surface area contributed by atoms with Crippen molar-refractivity contribution in [2.75, 3.05) is 0 Å². The topological polar surface area (TPSA) is 61.1 Å². The Kier molecular flexibility index (Phi) is 3.25. The molecule has 0 heterocycles. The molecule has 0 amide bonds. The molecule has 76 valence electrons. The van der Waals surface area contributed by atoms with Gasteiger partial charge in [0.1, 0.15) is 11.6 Å². The standard InChI is InChI=1S/C12H11NO2/c1-8-3-4-10(5-9(8)2)6-11(7-13)12(14)15/h3-6H,1-2H3,(H,14,15). The minimum absolute atomic E-state index is 0.252. The van der Waals surface area contributed by atoms with E-state index >= 15 is 0 Å². The number of hydrogen-bond acceptors (Lipinski definition) is 2. The Bertz CT molecular complexity index is 467. The lowest BCUT2D eigenvalue weighted by molar-refractivity contribution is -0.132.